The molecule has 1 amide bonds. The number of halogens is 1. The molecule has 0 spiro atoms. The molecule has 7 heteroatoms. The van der Waals surface area contributed by atoms with Gasteiger partial charge in [-0.15, -0.1) is 0 Å². The molecule has 0 atom stereocenters. The van der Waals surface area contributed by atoms with Crippen LogP contribution in [0.25, 0.3) is 11.5 Å². The summed E-state index contributed by atoms with van der Waals surface area (Å²) in [5.74, 6) is -0.0586. The van der Waals surface area contributed by atoms with Crippen LogP contribution in [0.1, 0.15) is 23.5 Å². The number of benzene rings is 1. The highest BCUT2D eigenvalue weighted by Gasteiger charge is 2.26. The van der Waals surface area contributed by atoms with E-state index in [9.17, 15) is 4.79 Å². The minimum atomic E-state index is -0.320. The fourth-order valence-electron chi connectivity index (χ4n) is 1.57. The van der Waals surface area contributed by atoms with Gasteiger partial charge in [0.05, 0.1) is 10.7 Å². The van der Waals surface area contributed by atoms with Gasteiger partial charge in [-0.2, -0.15) is 4.98 Å². The third-order valence-electron chi connectivity index (χ3n) is 2.79. The molecule has 0 radical (unpaired) electrons. The zero-order valence-electron chi connectivity index (χ0n) is 9.89. The molecule has 3 N–H and O–H groups in total. The molecule has 2 aromatic rings. The Bertz CT molecular complexity index is 636. The zero-order valence-corrected chi connectivity index (χ0v) is 10.6. The van der Waals surface area contributed by atoms with Crippen molar-refractivity contribution in [3.05, 3.63) is 29.0 Å². The Kier molecular flexibility index (Phi) is 2.87. The first-order valence-corrected chi connectivity index (χ1v) is 6.21. The first kappa shape index (κ1) is 12.0. The number of carbonyl (C=O) groups is 1. The summed E-state index contributed by atoms with van der Waals surface area (Å²) >= 11 is 5.92. The Labute approximate surface area is 113 Å². The third-order valence-corrected chi connectivity index (χ3v) is 3.12. The standard InChI is InChI=1S/C12H11ClN4O2/c13-8-5-6(1-4-9(8)14)12-16-10(17-19-12)11(18)15-7-2-3-7/h1,4-5,7H,2-3,14H2,(H,15,18). The van der Waals surface area contributed by atoms with E-state index in [1.54, 1.807) is 18.2 Å². The molecule has 1 aliphatic rings. The molecule has 1 fully saturated rings. The number of nitrogens with two attached hydrogens (primary N) is 1. The van der Waals surface area contributed by atoms with Gasteiger partial charge in [0.15, 0.2) is 0 Å². The Balaban J connectivity index is 1.83. The van der Waals surface area contributed by atoms with Gasteiger partial charge in [-0.05, 0) is 31.0 Å². The summed E-state index contributed by atoms with van der Waals surface area (Å²) in [4.78, 5) is 15.8. The van der Waals surface area contributed by atoms with Crippen LogP contribution in [0.15, 0.2) is 22.7 Å². The minimum Gasteiger partial charge on any atom is -0.398 e. The maximum Gasteiger partial charge on any atom is 0.292 e. The van der Waals surface area contributed by atoms with Crippen LogP contribution in [-0.4, -0.2) is 22.1 Å². The Morgan fingerprint density at radius 3 is 2.95 bits per heavy atom. The van der Waals surface area contributed by atoms with Crippen LogP contribution in [0, 0.1) is 0 Å². The monoisotopic (exact) mass is 278 g/mol. The second-order valence-corrected chi connectivity index (χ2v) is 4.81. The van der Waals surface area contributed by atoms with Crippen molar-refractivity contribution in [3.8, 4) is 11.5 Å². The molecule has 98 valence electrons. The average Bonchev–Trinajstić information content (AvgIpc) is 3.06. The number of carbonyl (C=O) groups excluding carboxylic acids is 1. The smallest absolute Gasteiger partial charge is 0.292 e. The van der Waals surface area contributed by atoms with Crippen molar-refractivity contribution in [2.45, 2.75) is 18.9 Å². The fraction of sp³-hybridized carbons (Fsp3) is 0.250. The van der Waals surface area contributed by atoms with Crippen LogP contribution < -0.4 is 11.1 Å². The maximum absolute atomic E-state index is 11.7. The van der Waals surface area contributed by atoms with Crippen LogP contribution >= 0.6 is 11.6 Å². The first-order chi connectivity index (χ1) is 9.13. The van der Waals surface area contributed by atoms with Crippen molar-refractivity contribution in [2.24, 2.45) is 0 Å². The van der Waals surface area contributed by atoms with Gasteiger partial charge < -0.3 is 15.6 Å². The van der Waals surface area contributed by atoms with E-state index in [-0.39, 0.29) is 23.7 Å². The highest BCUT2D eigenvalue weighted by Crippen LogP contribution is 2.26. The molecule has 0 unspecified atom stereocenters. The van der Waals surface area contributed by atoms with E-state index < -0.39 is 0 Å². The summed E-state index contributed by atoms with van der Waals surface area (Å²) in [6.07, 6.45) is 2.01. The topological polar surface area (TPSA) is 94.0 Å². The Hall–Kier alpha value is -2.08. The fourth-order valence-corrected chi connectivity index (χ4v) is 1.75. The quantitative estimate of drug-likeness (QED) is 0.836. The molecule has 19 heavy (non-hydrogen) atoms. The van der Waals surface area contributed by atoms with Crippen LogP contribution in [0.5, 0.6) is 0 Å². The summed E-state index contributed by atoms with van der Waals surface area (Å²) in [7, 11) is 0. The SMILES string of the molecule is Nc1ccc(-c2nc(C(=O)NC3CC3)no2)cc1Cl. The summed E-state index contributed by atoms with van der Waals surface area (Å²) in [5.41, 5.74) is 6.71. The summed E-state index contributed by atoms with van der Waals surface area (Å²) in [6.45, 7) is 0. The summed E-state index contributed by atoms with van der Waals surface area (Å²) in [6, 6.07) is 5.22. The molecule has 6 nitrogen and oxygen atoms in total. The molecule has 1 aromatic heterocycles. The predicted molar refractivity (Wildman–Crippen MR) is 69.6 cm³/mol. The second kappa shape index (κ2) is 4.55. The van der Waals surface area contributed by atoms with Crippen molar-refractivity contribution in [1.29, 1.82) is 0 Å². The molecule has 1 aromatic carbocycles. The van der Waals surface area contributed by atoms with E-state index in [2.05, 4.69) is 15.5 Å². The van der Waals surface area contributed by atoms with Gasteiger partial charge in [-0.25, -0.2) is 0 Å². The van der Waals surface area contributed by atoms with Gasteiger partial charge in [-0.3, -0.25) is 4.79 Å². The van der Waals surface area contributed by atoms with Crippen molar-refractivity contribution in [1.82, 2.24) is 15.5 Å². The largest absolute Gasteiger partial charge is 0.398 e. The Morgan fingerprint density at radius 1 is 1.47 bits per heavy atom. The van der Waals surface area contributed by atoms with Crippen molar-refractivity contribution >= 4 is 23.2 Å². The Morgan fingerprint density at radius 2 is 2.26 bits per heavy atom. The molecule has 1 aliphatic carbocycles. The van der Waals surface area contributed by atoms with Crippen LogP contribution in [-0.2, 0) is 0 Å². The second-order valence-electron chi connectivity index (χ2n) is 4.41. The number of nitrogens with zero attached hydrogens (tertiary/aromatic N) is 2. The van der Waals surface area contributed by atoms with Crippen molar-refractivity contribution < 1.29 is 9.32 Å². The lowest BCUT2D eigenvalue weighted by Crippen LogP contribution is -2.26. The third kappa shape index (κ3) is 2.53. The number of aromatic nitrogens is 2. The van der Waals surface area contributed by atoms with Crippen LogP contribution in [0.2, 0.25) is 5.02 Å². The van der Waals surface area contributed by atoms with Gasteiger partial charge in [0, 0.05) is 11.6 Å². The van der Waals surface area contributed by atoms with E-state index in [0.717, 1.165) is 12.8 Å². The number of hydrogen-bond donors (Lipinski definition) is 2. The normalized spacial score (nSPS) is 14.4. The van der Waals surface area contributed by atoms with E-state index in [1.165, 1.54) is 0 Å². The number of nitrogens with one attached hydrogen (secondary N) is 1. The van der Waals surface area contributed by atoms with Crippen LogP contribution in [0.3, 0.4) is 0 Å². The van der Waals surface area contributed by atoms with Crippen molar-refractivity contribution in [2.75, 3.05) is 5.73 Å². The zero-order chi connectivity index (χ0) is 13.4. The lowest BCUT2D eigenvalue weighted by Gasteiger charge is -1.98. The molecule has 0 aliphatic heterocycles. The van der Waals surface area contributed by atoms with Crippen LogP contribution in [0.4, 0.5) is 5.69 Å². The number of anilines is 1. The number of rotatable bonds is 3. The van der Waals surface area contributed by atoms with E-state index in [1.807, 2.05) is 0 Å². The molecule has 1 saturated carbocycles. The van der Waals surface area contributed by atoms with E-state index >= 15 is 0 Å². The van der Waals surface area contributed by atoms with E-state index in [0.29, 0.717) is 16.3 Å². The minimum absolute atomic E-state index is 0.0230. The lowest BCUT2D eigenvalue weighted by atomic mass is 10.2. The summed E-state index contributed by atoms with van der Waals surface area (Å²) < 4.78 is 5.05. The molecular weight excluding hydrogens is 268 g/mol. The number of amides is 1. The van der Waals surface area contributed by atoms with Gasteiger partial charge >= 0.3 is 0 Å². The first-order valence-electron chi connectivity index (χ1n) is 5.83. The average molecular weight is 279 g/mol. The lowest BCUT2D eigenvalue weighted by molar-refractivity contribution is 0.0937. The molecule has 0 saturated heterocycles. The molecule has 3 rings (SSSR count). The molecular formula is C12H11ClN4O2. The maximum atomic E-state index is 11.7. The summed E-state index contributed by atoms with van der Waals surface area (Å²) in [5, 5.41) is 6.84. The highest BCUT2D eigenvalue weighted by atomic mass is 35.5. The molecule has 0 bridgehead atoms. The number of nitrogen functional groups attached to an aromatic ring is 1. The van der Waals surface area contributed by atoms with Gasteiger partial charge in [-0.1, -0.05) is 16.8 Å². The predicted octanol–water partition coefficient (Wildman–Crippen LogP) is 1.86. The van der Waals surface area contributed by atoms with Crippen molar-refractivity contribution in [3.63, 3.8) is 0 Å². The highest BCUT2D eigenvalue weighted by molar-refractivity contribution is 6.33. The van der Waals surface area contributed by atoms with E-state index in [4.69, 9.17) is 21.9 Å². The van der Waals surface area contributed by atoms with Gasteiger partial charge in [0.2, 0.25) is 0 Å². The van der Waals surface area contributed by atoms with Gasteiger partial charge in [0.25, 0.3) is 17.6 Å². The molecule has 1 heterocycles. The van der Waals surface area contributed by atoms with Gasteiger partial charge in [0.1, 0.15) is 0 Å². The number of hydrogen-bond acceptors (Lipinski definition) is 5.